The number of rotatable bonds is 4. The lowest BCUT2D eigenvalue weighted by molar-refractivity contribution is 0.0779. The minimum atomic E-state index is 0.0257. The van der Waals surface area contributed by atoms with E-state index in [1.54, 1.807) is 4.90 Å². The summed E-state index contributed by atoms with van der Waals surface area (Å²) in [5, 5.41) is 0. The van der Waals surface area contributed by atoms with Gasteiger partial charge in [0.15, 0.2) is 0 Å². The van der Waals surface area contributed by atoms with Gasteiger partial charge in [-0.15, -0.1) is 0 Å². The summed E-state index contributed by atoms with van der Waals surface area (Å²) < 4.78 is 3.18. The van der Waals surface area contributed by atoms with Crippen LogP contribution in [0.5, 0.6) is 0 Å². The maximum atomic E-state index is 12.8. The van der Waals surface area contributed by atoms with E-state index in [1.165, 1.54) is 0 Å². The zero-order valence-electron chi connectivity index (χ0n) is 14.1. The van der Waals surface area contributed by atoms with E-state index in [0.29, 0.717) is 6.54 Å². The Morgan fingerprint density at radius 2 is 1.96 bits per heavy atom. The lowest BCUT2D eigenvalue weighted by Crippen LogP contribution is -2.28. The molecule has 1 heterocycles. The molecule has 24 heavy (non-hydrogen) atoms. The van der Waals surface area contributed by atoms with E-state index in [-0.39, 0.29) is 5.91 Å². The molecule has 5 heteroatoms. The Bertz CT molecular complexity index is 901. The van der Waals surface area contributed by atoms with Gasteiger partial charge >= 0.3 is 0 Å². The first-order chi connectivity index (χ1) is 11.5. The van der Waals surface area contributed by atoms with Gasteiger partial charge in [0, 0.05) is 17.2 Å². The SMILES string of the molecule is CCn1c(CN(C)C(=O)c2cccc(C)c2I)nc2ccccc21. The Morgan fingerprint density at radius 1 is 1.21 bits per heavy atom. The maximum Gasteiger partial charge on any atom is 0.255 e. The van der Waals surface area contributed by atoms with Crippen LogP contribution in [-0.4, -0.2) is 27.4 Å². The summed E-state index contributed by atoms with van der Waals surface area (Å²) in [5.74, 6) is 0.940. The number of imidazole rings is 1. The van der Waals surface area contributed by atoms with Crippen LogP contribution < -0.4 is 0 Å². The fraction of sp³-hybridized carbons (Fsp3) is 0.263. The lowest BCUT2D eigenvalue weighted by atomic mass is 10.1. The highest BCUT2D eigenvalue weighted by molar-refractivity contribution is 14.1. The van der Waals surface area contributed by atoms with Gasteiger partial charge in [-0.1, -0.05) is 24.3 Å². The average molecular weight is 433 g/mol. The van der Waals surface area contributed by atoms with E-state index < -0.39 is 0 Å². The average Bonchev–Trinajstić information content (AvgIpc) is 2.93. The topological polar surface area (TPSA) is 38.1 Å². The van der Waals surface area contributed by atoms with Crippen LogP contribution in [0, 0.1) is 10.5 Å². The molecular formula is C19H20IN3O. The fourth-order valence-corrected chi connectivity index (χ4v) is 3.49. The molecule has 0 saturated heterocycles. The van der Waals surface area contributed by atoms with Crippen molar-refractivity contribution in [2.75, 3.05) is 7.05 Å². The highest BCUT2D eigenvalue weighted by Gasteiger charge is 2.18. The number of benzene rings is 2. The highest BCUT2D eigenvalue weighted by Crippen LogP contribution is 2.20. The van der Waals surface area contributed by atoms with Crippen molar-refractivity contribution in [1.29, 1.82) is 0 Å². The largest absolute Gasteiger partial charge is 0.334 e. The van der Waals surface area contributed by atoms with Crippen LogP contribution in [0.3, 0.4) is 0 Å². The molecule has 3 rings (SSSR count). The monoisotopic (exact) mass is 433 g/mol. The molecule has 0 aliphatic carbocycles. The summed E-state index contributed by atoms with van der Waals surface area (Å²) in [6.07, 6.45) is 0. The van der Waals surface area contributed by atoms with E-state index in [9.17, 15) is 4.79 Å². The van der Waals surface area contributed by atoms with Crippen molar-refractivity contribution < 1.29 is 4.79 Å². The molecule has 0 fully saturated rings. The Balaban J connectivity index is 1.91. The van der Waals surface area contributed by atoms with Crippen LogP contribution in [-0.2, 0) is 13.1 Å². The number of carbonyl (C=O) groups is 1. The third-order valence-corrected chi connectivity index (χ3v) is 5.63. The van der Waals surface area contributed by atoms with Crippen molar-refractivity contribution >= 4 is 39.5 Å². The molecule has 0 unspecified atom stereocenters. The van der Waals surface area contributed by atoms with Crippen molar-refractivity contribution in [1.82, 2.24) is 14.5 Å². The van der Waals surface area contributed by atoms with Crippen LogP contribution in [0.25, 0.3) is 11.0 Å². The minimum Gasteiger partial charge on any atom is -0.334 e. The van der Waals surface area contributed by atoms with Gasteiger partial charge in [-0.05, 0) is 60.2 Å². The number of hydrogen-bond acceptors (Lipinski definition) is 2. The van der Waals surface area contributed by atoms with E-state index in [2.05, 4.69) is 40.1 Å². The highest BCUT2D eigenvalue weighted by atomic mass is 127. The molecule has 0 saturated carbocycles. The Kier molecular flexibility index (Phi) is 4.89. The Labute approximate surface area is 155 Å². The van der Waals surface area contributed by atoms with Crippen molar-refractivity contribution in [3.63, 3.8) is 0 Å². The summed E-state index contributed by atoms with van der Waals surface area (Å²) in [4.78, 5) is 19.3. The molecule has 124 valence electrons. The molecule has 1 aromatic heterocycles. The first-order valence-electron chi connectivity index (χ1n) is 7.97. The molecule has 0 spiro atoms. The summed E-state index contributed by atoms with van der Waals surface area (Å²) in [5.41, 5.74) is 3.95. The summed E-state index contributed by atoms with van der Waals surface area (Å²) in [6.45, 7) is 5.45. The molecule has 4 nitrogen and oxygen atoms in total. The molecule has 2 aromatic carbocycles. The van der Waals surface area contributed by atoms with Gasteiger partial charge in [-0.3, -0.25) is 4.79 Å². The van der Waals surface area contributed by atoms with Crippen molar-refractivity contribution in [3.8, 4) is 0 Å². The molecule has 0 aliphatic rings. The number of amides is 1. The van der Waals surface area contributed by atoms with Gasteiger partial charge in [-0.25, -0.2) is 4.98 Å². The maximum absolute atomic E-state index is 12.8. The quantitative estimate of drug-likeness (QED) is 0.578. The number of halogens is 1. The van der Waals surface area contributed by atoms with Gasteiger partial charge < -0.3 is 9.47 Å². The molecular weight excluding hydrogens is 413 g/mol. The van der Waals surface area contributed by atoms with Gasteiger partial charge in [0.2, 0.25) is 0 Å². The predicted molar refractivity (Wildman–Crippen MR) is 105 cm³/mol. The first kappa shape index (κ1) is 17.0. The molecule has 1 amide bonds. The van der Waals surface area contributed by atoms with Crippen molar-refractivity contribution in [2.24, 2.45) is 0 Å². The van der Waals surface area contributed by atoms with Gasteiger partial charge in [-0.2, -0.15) is 0 Å². The van der Waals surface area contributed by atoms with E-state index in [4.69, 9.17) is 4.98 Å². The number of aryl methyl sites for hydroxylation is 2. The second-order valence-corrected chi connectivity index (χ2v) is 6.94. The zero-order valence-corrected chi connectivity index (χ0v) is 16.2. The number of hydrogen-bond donors (Lipinski definition) is 0. The number of aromatic nitrogens is 2. The van der Waals surface area contributed by atoms with Crippen LogP contribution in [0.15, 0.2) is 42.5 Å². The second kappa shape index (κ2) is 6.93. The normalized spacial score (nSPS) is 11.0. The van der Waals surface area contributed by atoms with Crippen molar-refractivity contribution in [3.05, 3.63) is 63.0 Å². The third kappa shape index (κ3) is 3.05. The van der Waals surface area contributed by atoms with Crippen LogP contribution in [0.1, 0.15) is 28.7 Å². The molecule has 0 atom stereocenters. The van der Waals surface area contributed by atoms with E-state index >= 15 is 0 Å². The molecule has 0 radical (unpaired) electrons. The molecule has 0 bridgehead atoms. The van der Waals surface area contributed by atoms with Gasteiger partial charge in [0.25, 0.3) is 5.91 Å². The molecule has 0 N–H and O–H groups in total. The molecule has 3 aromatic rings. The minimum absolute atomic E-state index is 0.0257. The fourth-order valence-electron chi connectivity index (χ4n) is 2.90. The van der Waals surface area contributed by atoms with E-state index in [0.717, 1.165) is 38.1 Å². The number of fused-ring (bicyclic) bond motifs is 1. The number of para-hydroxylation sites is 2. The van der Waals surface area contributed by atoms with Crippen LogP contribution >= 0.6 is 22.6 Å². The van der Waals surface area contributed by atoms with Gasteiger partial charge in [0.1, 0.15) is 5.82 Å². The molecule has 0 aliphatic heterocycles. The second-order valence-electron chi connectivity index (χ2n) is 5.86. The summed E-state index contributed by atoms with van der Waals surface area (Å²) in [6, 6.07) is 13.9. The van der Waals surface area contributed by atoms with Crippen LogP contribution in [0.4, 0.5) is 0 Å². The van der Waals surface area contributed by atoms with E-state index in [1.807, 2.05) is 50.4 Å². The van der Waals surface area contributed by atoms with Gasteiger partial charge in [0.05, 0.1) is 23.1 Å². The first-order valence-corrected chi connectivity index (χ1v) is 9.05. The predicted octanol–water partition coefficient (Wildman–Crippen LogP) is 4.24. The summed E-state index contributed by atoms with van der Waals surface area (Å²) in [7, 11) is 1.83. The Morgan fingerprint density at radius 3 is 2.71 bits per heavy atom. The number of carbonyl (C=O) groups excluding carboxylic acids is 1. The summed E-state index contributed by atoms with van der Waals surface area (Å²) >= 11 is 2.24. The standard InChI is InChI=1S/C19H20IN3O/c1-4-23-16-11-6-5-10-15(16)21-17(23)12-22(3)19(24)14-9-7-8-13(2)18(14)20/h5-11H,4,12H2,1-3H3. The lowest BCUT2D eigenvalue weighted by Gasteiger charge is -2.19. The third-order valence-electron chi connectivity index (χ3n) is 4.20. The zero-order chi connectivity index (χ0) is 17.3. The van der Waals surface area contributed by atoms with Crippen molar-refractivity contribution in [2.45, 2.75) is 26.9 Å². The van der Waals surface area contributed by atoms with Crippen LogP contribution in [0.2, 0.25) is 0 Å². The Hall–Kier alpha value is -1.89. The smallest absolute Gasteiger partial charge is 0.255 e. The number of nitrogens with zero attached hydrogens (tertiary/aromatic N) is 3.